The van der Waals surface area contributed by atoms with Gasteiger partial charge in [0, 0.05) is 5.56 Å². The summed E-state index contributed by atoms with van der Waals surface area (Å²) >= 11 is 0. The van der Waals surface area contributed by atoms with Crippen molar-refractivity contribution in [2.45, 2.75) is 0 Å². The minimum atomic E-state index is -0.607. The summed E-state index contributed by atoms with van der Waals surface area (Å²) in [7, 11) is 1.50. The molecule has 0 radical (unpaired) electrons. The smallest absolute Gasteiger partial charge is 0.273 e. The lowest BCUT2D eigenvalue weighted by Crippen LogP contribution is -2.41. The SMILES string of the molecule is COc1cccc(C(=O)NNC(=O)c2ccccc2O)c1. The molecule has 0 saturated heterocycles. The molecular weight excluding hydrogens is 272 g/mol. The standard InChI is InChI=1S/C15H14N2O4/c1-21-11-6-4-5-10(9-11)14(19)16-17-15(20)12-7-2-3-8-13(12)18/h2-9,18H,1H3,(H,16,19)(H,17,20). The Morgan fingerprint density at radius 3 is 2.43 bits per heavy atom. The van der Waals surface area contributed by atoms with E-state index < -0.39 is 11.8 Å². The highest BCUT2D eigenvalue weighted by Gasteiger charge is 2.12. The fourth-order valence-corrected chi connectivity index (χ4v) is 1.68. The molecular formula is C15H14N2O4. The second-order valence-electron chi connectivity index (χ2n) is 4.16. The van der Waals surface area contributed by atoms with E-state index in [-0.39, 0.29) is 11.3 Å². The molecule has 0 spiro atoms. The molecule has 0 heterocycles. The van der Waals surface area contributed by atoms with Crippen molar-refractivity contribution >= 4 is 11.8 Å². The van der Waals surface area contributed by atoms with Crippen LogP contribution in [0, 0.1) is 0 Å². The zero-order valence-electron chi connectivity index (χ0n) is 11.3. The Kier molecular flexibility index (Phi) is 4.40. The molecule has 6 heteroatoms. The summed E-state index contributed by atoms with van der Waals surface area (Å²) in [4.78, 5) is 23.7. The Morgan fingerprint density at radius 2 is 1.71 bits per heavy atom. The van der Waals surface area contributed by atoms with E-state index in [1.165, 1.54) is 19.2 Å². The summed E-state index contributed by atoms with van der Waals surface area (Å²) in [5.41, 5.74) is 4.92. The van der Waals surface area contributed by atoms with Crippen LogP contribution in [-0.2, 0) is 0 Å². The van der Waals surface area contributed by atoms with Crippen molar-refractivity contribution in [1.29, 1.82) is 0 Å². The summed E-state index contributed by atoms with van der Waals surface area (Å²) < 4.78 is 5.02. The highest BCUT2D eigenvalue weighted by Crippen LogP contribution is 2.15. The zero-order valence-corrected chi connectivity index (χ0v) is 11.3. The number of methoxy groups -OCH3 is 1. The largest absolute Gasteiger partial charge is 0.507 e. The van der Waals surface area contributed by atoms with Gasteiger partial charge in [-0.1, -0.05) is 18.2 Å². The van der Waals surface area contributed by atoms with Crippen LogP contribution in [0.1, 0.15) is 20.7 Å². The fraction of sp³-hybridized carbons (Fsp3) is 0.0667. The Labute approximate surface area is 121 Å². The van der Waals surface area contributed by atoms with Crippen LogP contribution >= 0.6 is 0 Å². The van der Waals surface area contributed by atoms with E-state index in [0.717, 1.165) is 0 Å². The molecule has 0 unspecified atom stereocenters. The number of nitrogens with one attached hydrogen (secondary N) is 2. The normalized spacial score (nSPS) is 9.76. The third-order valence-electron chi connectivity index (χ3n) is 2.77. The summed E-state index contributed by atoms with van der Waals surface area (Å²) in [6.45, 7) is 0. The third kappa shape index (κ3) is 3.50. The topological polar surface area (TPSA) is 87.7 Å². The minimum Gasteiger partial charge on any atom is -0.507 e. The average Bonchev–Trinajstić information content (AvgIpc) is 2.52. The van der Waals surface area contributed by atoms with E-state index >= 15 is 0 Å². The summed E-state index contributed by atoms with van der Waals surface area (Å²) in [5, 5.41) is 9.54. The Hall–Kier alpha value is -3.02. The number of carbonyl (C=O) groups excluding carboxylic acids is 2. The predicted molar refractivity (Wildman–Crippen MR) is 76.0 cm³/mol. The van der Waals surface area contributed by atoms with Gasteiger partial charge >= 0.3 is 0 Å². The van der Waals surface area contributed by atoms with Gasteiger partial charge in [-0.15, -0.1) is 0 Å². The number of rotatable bonds is 3. The first-order valence-corrected chi connectivity index (χ1v) is 6.14. The van der Waals surface area contributed by atoms with Crippen molar-refractivity contribution in [2.24, 2.45) is 0 Å². The molecule has 6 nitrogen and oxygen atoms in total. The van der Waals surface area contributed by atoms with Crippen molar-refractivity contribution in [2.75, 3.05) is 7.11 Å². The van der Waals surface area contributed by atoms with E-state index in [2.05, 4.69) is 10.9 Å². The summed E-state index contributed by atoms with van der Waals surface area (Å²) in [6, 6.07) is 12.5. The maximum absolute atomic E-state index is 11.9. The molecule has 2 amide bonds. The lowest BCUT2D eigenvalue weighted by molar-refractivity contribution is 0.0845. The number of ether oxygens (including phenoxy) is 1. The Bertz CT molecular complexity index is 670. The van der Waals surface area contributed by atoms with Crippen LogP contribution in [0.4, 0.5) is 0 Å². The number of carbonyl (C=O) groups is 2. The maximum Gasteiger partial charge on any atom is 0.273 e. The number of hydrazine groups is 1. The van der Waals surface area contributed by atoms with Gasteiger partial charge in [-0.25, -0.2) is 0 Å². The monoisotopic (exact) mass is 286 g/mol. The molecule has 0 aliphatic carbocycles. The molecule has 0 bridgehead atoms. The van der Waals surface area contributed by atoms with Crippen LogP contribution in [-0.4, -0.2) is 24.0 Å². The number of hydrogen-bond donors (Lipinski definition) is 3. The molecule has 3 N–H and O–H groups in total. The molecule has 0 atom stereocenters. The fourth-order valence-electron chi connectivity index (χ4n) is 1.68. The first kappa shape index (κ1) is 14.4. The van der Waals surface area contributed by atoms with Gasteiger partial charge in [0.2, 0.25) is 0 Å². The molecule has 2 aromatic carbocycles. The third-order valence-corrected chi connectivity index (χ3v) is 2.77. The first-order valence-electron chi connectivity index (χ1n) is 6.14. The van der Waals surface area contributed by atoms with E-state index in [1.807, 2.05) is 0 Å². The number of hydrogen-bond acceptors (Lipinski definition) is 4. The number of phenols is 1. The number of phenolic OH excluding ortho intramolecular Hbond substituents is 1. The quantitative estimate of drug-likeness (QED) is 0.746. The summed E-state index contributed by atoms with van der Waals surface area (Å²) in [5.74, 6) is -0.720. The van der Waals surface area contributed by atoms with Gasteiger partial charge in [-0.05, 0) is 30.3 Å². The highest BCUT2D eigenvalue weighted by molar-refractivity contribution is 6.00. The second kappa shape index (κ2) is 6.42. The molecule has 0 saturated carbocycles. The number of amides is 2. The van der Waals surface area contributed by atoms with Crippen molar-refractivity contribution in [3.8, 4) is 11.5 Å². The van der Waals surface area contributed by atoms with Gasteiger partial charge in [0.15, 0.2) is 0 Å². The molecule has 0 fully saturated rings. The lowest BCUT2D eigenvalue weighted by atomic mass is 10.2. The van der Waals surface area contributed by atoms with Gasteiger partial charge in [0.1, 0.15) is 11.5 Å². The zero-order chi connectivity index (χ0) is 15.2. The van der Waals surface area contributed by atoms with Crippen LogP contribution in [0.3, 0.4) is 0 Å². The van der Waals surface area contributed by atoms with Gasteiger partial charge in [0.25, 0.3) is 11.8 Å². The predicted octanol–water partition coefficient (Wildman–Crippen LogP) is 1.48. The van der Waals surface area contributed by atoms with E-state index in [0.29, 0.717) is 11.3 Å². The second-order valence-corrected chi connectivity index (χ2v) is 4.16. The van der Waals surface area contributed by atoms with Crippen molar-refractivity contribution in [1.82, 2.24) is 10.9 Å². The van der Waals surface area contributed by atoms with E-state index in [4.69, 9.17) is 4.74 Å². The maximum atomic E-state index is 11.9. The number of para-hydroxylation sites is 1. The molecule has 2 aromatic rings. The molecule has 108 valence electrons. The molecule has 2 rings (SSSR count). The molecule has 0 aromatic heterocycles. The lowest BCUT2D eigenvalue weighted by Gasteiger charge is -2.09. The van der Waals surface area contributed by atoms with Gasteiger partial charge in [-0.3, -0.25) is 20.4 Å². The summed E-state index contributed by atoms with van der Waals surface area (Å²) in [6.07, 6.45) is 0. The van der Waals surface area contributed by atoms with E-state index in [1.54, 1.807) is 36.4 Å². The van der Waals surface area contributed by atoms with Crippen LogP contribution in [0.5, 0.6) is 11.5 Å². The van der Waals surface area contributed by atoms with Gasteiger partial charge < -0.3 is 9.84 Å². The van der Waals surface area contributed by atoms with Crippen LogP contribution in [0.2, 0.25) is 0 Å². The molecule has 21 heavy (non-hydrogen) atoms. The number of aromatic hydroxyl groups is 1. The Balaban J connectivity index is 2.01. The Morgan fingerprint density at radius 1 is 1.00 bits per heavy atom. The molecule has 0 aliphatic rings. The minimum absolute atomic E-state index is 0.0726. The van der Waals surface area contributed by atoms with Crippen LogP contribution in [0.25, 0.3) is 0 Å². The van der Waals surface area contributed by atoms with E-state index in [9.17, 15) is 14.7 Å². The van der Waals surface area contributed by atoms with Crippen molar-refractivity contribution < 1.29 is 19.4 Å². The van der Waals surface area contributed by atoms with Crippen LogP contribution < -0.4 is 15.6 Å². The number of benzene rings is 2. The van der Waals surface area contributed by atoms with Gasteiger partial charge in [-0.2, -0.15) is 0 Å². The molecule has 0 aliphatic heterocycles. The van der Waals surface area contributed by atoms with Crippen molar-refractivity contribution in [3.63, 3.8) is 0 Å². The van der Waals surface area contributed by atoms with Gasteiger partial charge in [0.05, 0.1) is 12.7 Å². The average molecular weight is 286 g/mol. The van der Waals surface area contributed by atoms with Crippen LogP contribution in [0.15, 0.2) is 48.5 Å². The first-order chi connectivity index (χ1) is 10.1. The van der Waals surface area contributed by atoms with Crippen molar-refractivity contribution in [3.05, 3.63) is 59.7 Å². The highest BCUT2D eigenvalue weighted by atomic mass is 16.5.